The number of benzene rings is 2. The third-order valence-electron chi connectivity index (χ3n) is 3.10. The molecule has 0 aliphatic carbocycles. The smallest absolute Gasteiger partial charge is 0.387 e. The number of nitrogens with one attached hydrogen (secondary N) is 1. The Balaban J connectivity index is 2.10. The van der Waals surface area contributed by atoms with Gasteiger partial charge in [-0.2, -0.15) is 8.78 Å². The van der Waals surface area contributed by atoms with Gasteiger partial charge in [0.25, 0.3) is 0 Å². The van der Waals surface area contributed by atoms with Crippen LogP contribution < -0.4 is 14.8 Å². The third kappa shape index (κ3) is 5.70. The maximum atomic E-state index is 13.6. The van der Waals surface area contributed by atoms with Gasteiger partial charge in [0, 0.05) is 11.1 Å². The molecule has 0 fully saturated rings. The summed E-state index contributed by atoms with van der Waals surface area (Å²) in [5.41, 5.74) is 0.501. The van der Waals surface area contributed by atoms with Gasteiger partial charge < -0.3 is 14.8 Å². The van der Waals surface area contributed by atoms with Crippen LogP contribution in [0.3, 0.4) is 0 Å². The number of anilines is 1. The lowest BCUT2D eigenvalue weighted by Crippen LogP contribution is -2.09. The molecular weight excluding hydrogens is 371 g/mol. The van der Waals surface area contributed by atoms with E-state index in [-0.39, 0.29) is 28.8 Å². The molecule has 0 bridgehead atoms. The van der Waals surface area contributed by atoms with Crippen molar-refractivity contribution in [1.82, 2.24) is 0 Å². The first-order valence-corrected chi connectivity index (χ1v) is 7.92. The predicted octanol–water partition coefficient (Wildman–Crippen LogP) is 5.13. The van der Waals surface area contributed by atoms with Crippen molar-refractivity contribution in [2.24, 2.45) is 0 Å². The fourth-order valence-electron chi connectivity index (χ4n) is 2.03. The fourth-order valence-corrected chi connectivity index (χ4v) is 2.19. The molecule has 2 aromatic rings. The molecule has 0 aromatic heterocycles. The first kappa shape index (κ1) is 19.7. The monoisotopic (exact) mass is 385 g/mol. The molecule has 0 aliphatic heterocycles. The van der Waals surface area contributed by atoms with Crippen molar-refractivity contribution in [3.63, 3.8) is 0 Å². The molecule has 0 heterocycles. The summed E-state index contributed by atoms with van der Waals surface area (Å²) in [4.78, 5) is 11.9. The van der Waals surface area contributed by atoms with E-state index < -0.39 is 18.3 Å². The van der Waals surface area contributed by atoms with Crippen LogP contribution in [0.25, 0.3) is 6.08 Å². The van der Waals surface area contributed by atoms with Gasteiger partial charge in [0.2, 0.25) is 5.91 Å². The van der Waals surface area contributed by atoms with Crippen molar-refractivity contribution in [3.05, 3.63) is 58.9 Å². The maximum Gasteiger partial charge on any atom is 0.387 e. The van der Waals surface area contributed by atoms with Crippen LogP contribution in [0.5, 0.6) is 11.5 Å². The van der Waals surface area contributed by atoms with E-state index in [1.165, 1.54) is 42.5 Å². The molecule has 0 unspecified atom stereocenters. The quantitative estimate of drug-likeness (QED) is 0.672. The van der Waals surface area contributed by atoms with Gasteiger partial charge in [-0.3, -0.25) is 4.79 Å². The van der Waals surface area contributed by atoms with Crippen LogP contribution in [0.4, 0.5) is 18.9 Å². The van der Waals surface area contributed by atoms with E-state index in [1.54, 1.807) is 6.92 Å². The molecule has 0 saturated heterocycles. The average molecular weight is 386 g/mol. The van der Waals surface area contributed by atoms with E-state index in [9.17, 15) is 18.0 Å². The van der Waals surface area contributed by atoms with Gasteiger partial charge in [0.1, 0.15) is 5.82 Å². The molecule has 2 aromatic carbocycles. The van der Waals surface area contributed by atoms with Gasteiger partial charge in [0.15, 0.2) is 11.5 Å². The number of ether oxygens (including phenoxy) is 2. The Morgan fingerprint density at radius 1 is 1.23 bits per heavy atom. The summed E-state index contributed by atoms with van der Waals surface area (Å²) in [6.07, 6.45) is 2.60. The molecule has 0 saturated carbocycles. The number of halogens is 4. The highest BCUT2D eigenvalue weighted by molar-refractivity contribution is 6.30. The number of alkyl halides is 2. The van der Waals surface area contributed by atoms with Gasteiger partial charge in [-0.05, 0) is 48.9 Å². The molecule has 2 rings (SSSR count). The van der Waals surface area contributed by atoms with Crippen molar-refractivity contribution >= 4 is 29.3 Å². The first-order chi connectivity index (χ1) is 12.4. The minimum atomic E-state index is -2.98. The zero-order valence-corrected chi connectivity index (χ0v) is 14.4. The summed E-state index contributed by atoms with van der Waals surface area (Å²) < 4.78 is 48.0. The summed E-state index contributed by atoms with van der Waals surface area (Å²) in [7, 11) is 0. The van der Waals surface area contributed by atoms with E-state index in [2.05, 4.69) is 10.1 Å². The summed E-state index contributed by atoms with van der Waals surface area (Å²) in [6, 6.07) is 8.11. The number of hydrogen-bond acceptors (Lipinski definition) is 3. The summed E-state index contributed by atoms with van der Waals surface area (Å²) in [6.45, 7) is -1.03. The second-order valence-corrected chi connectivity index (χ2v) is 5.40. The summed E-state index contributed by atoms with van der Waals surface area (Å²) in [5, 5.41) is 2.58. The highest BCUT2D eigenvalue weighted by atomic mass is 35.5. The molecule has 4 nitrogen and oxygen atoms in total. The number of hydrogen-bond donors (Lipinski definition) is 1. The number of amides is 1. The lowest BCUT2D eigenvalue weighted by atomic mass is 10.2. The molecule has 0 spiro atoms. The van der Waals surface area contributed by atoms with Crippen molar-refractivity contribution in [3.8, 4) is 11.5 Å². The van der Waals surface area contributed by atoms with E-state index in [1.807, 2.05) is 0 Å². The molecule has 8 heteroatoms. The average Bonchev–Trinajstić information content (AvgIpc) is 2.57. The Morgan fingerprint density at radius 3 is 2.65 bits per heavy atom. The molecule has 0 aliphatic rings. The largest absolute Gasteiger partial charge is 0.490 e. The molecule has 1 amide bonds. The third-order valence-corrected chi connectivity index (χ3v) is 3.33. The normalized spacial score (nSPS) is 11.0. The van der Waals surface area contributed by atoms with E-state index in [0.29, 0.717) is 5.56 Å². The first-order valence-electron chi connectivity index (χ1n) is 7.55. The molecular formula is C18H15ClF3NO3. The van der Waals surface area contributed by atoms with Gasteiger partial charge in [-0.15, -0.1) is 0 Å². The molecule has 0 atom stereocenters. The van der Waals surface area contributed by atoms with Crippen LogP contribution in [-0.2, 0) is 4.79 Å². The lowest BCUT2D eigenvalue weighted by Gasteiger charge is -2.11. The highest BCUT2D eigenvalue weighted by Crippen LogP contribution is 2.30. The van der Waals surface area contributed by atoms with Crippen LogP contribution in [0.2, 0.25) is 5.02 Å². The Kier molecular flexibility index (Phi) is 6.91. The van der Waals surface area contributed by atoms with Gasteiger partial charge >= 0.3 is 6.61 Å². The van der Waals surface area contributed by atoms with E-state index in [4.69, 9.17) is 16.3 Å². The predicted molar refractivity (Wildman–Crippen MR) is 93.3 cm³/mol. The van der Waals surface area contributed by atoms with Crippen molar-refractivity contribution in [2.75, 3.05) is 11.9 Å². The molecule has 1 N–H and O–H groups in total. The minimum Gasteiger partial charge on any atom is -0.490 e. The Hall–Kier alpha value is -2.67. The number of carbonyl (C=O) groups excluding carboxylic acids is 1. The number of rotatable bonds is 7. The van der Waals surface area contributed by atoms with E-state index >= 15 is 0 Å². The minimum absolute atomic E-state index is 0.0141. The SMILES string of the molecule is CCOc1cc(/C=C/C(=O)Nc2ccc(Cl)cc2F)ccc1OC(F)F. The number of carbonyl (C=O) groups is 1. The van der Waals surface area contributed by atoms with Gasteiger partial charge in [-0.1, -0.05) is 17.7 Å². The topological polar surface area (TPSA) is 47.6 Å². The molecule has 138 valence electrons. The lowest BCUT2D eigenvalue weighted by molar-refractivity contribution is -0.111. The van der Waals surface area contributed by atoms with Crippen LogP contribution in [0.15, 0.2) is 42.5 Å². The van der Waals surface area contributed by atoms with Crippen LogP contribution >= 0.6 is 11.6 Å². The van der Waals surface area contributed by atoms with Crippen LogP contribution in [0.1, 0.15) is 12.5 Å². The van der Waals surface area contributed by atoms with Crippen LogP contribution in [0, 0.1) is 5.82 Å². The summed E-state index contributed by atoms with van der Waals surface area (Å²) in [5.74, 6) is -1.21. The van der Waals surface area contributed by atoms with Crippen molar-refractivity contribution in [2.45, 2.75) is 13.5 Å². The van der Waals surface area contributed by atoms with Gasteiger partial charge in [0.05, 0.1) is 12.3 Å². The Morgan fingerprint density at radius 2 is 2.00 bits per heavy atom. The maximum absolute atomic E-state index is 13.6. The van der Waals surface area contributed by atoms with E-state index in [0.717, 1.165) is 6.07 Å². The van der Waals surface area contributed by atoms with Crippen molar-refractivity contribution in [1.29, 1.82) is 0 Å². The van der Waals surface area contributed by atoms with Crippen LogP contribution in [-0.4, -0.2) is 19.1 Å². The van der Waals surface area contributed by atoms with Crippen molar-refractivity contribution < 1.29 is 27.4 Å². The Bertz CT molecular complexity index is 812. The molecule has 0 radical (unpaired) electrons. The standard InChI is InChI=1S/C18H15ClF3NO3/c1-2-25-16-9-11(3-7-15(16)26-18(21)22)4-8-17(24)23-14-6-5-12(19)10-13(14)20/h3-10,18H,2H2,1H3,(H,23,24)/b8-4+. The zero-order chi connectivity index (χ0) is 19.1. The second-order valence-electron chi connectivity index (χ2n) is 4.96. The van der Waals surface area contributed by atoms with Gasteiger partial charge in [-0.25, -0.2) is 4.39 Å². The summed E-state index contributed by atoms with van der Waals surface area (Å²) >= 11 is 5.64. The fraction of sp³-hybridized carbons (Fsp3) is 0.167. The zero-order valence-electron chi connectivity index (χ0n) is 13.6. The Labute approximate surface area is 153 Å². The highest BCUT2D eigenvalue weighted by Gasteiger charge is 2.11. The molecule has 26 heavy (non-hydrogen) atoms. The second kappa shape index (κ2) is 9.15.